The molecule has 1 amide bonds. The molecule has 0 saturated carbocycles. The molecular weight excluding hydrogens is 232 g/mol. The van der Waals surface area contributed by atoms with E-state index in [0.717, 1.165) is 4.31 Å². The zero-order valence-electron chi connectivity index (χ0n) is 9.56. The summed E-state index contributed by atoms with van der Waals surface area (Å²) < 4.78 is 26.4. The van der Waals surface area contributed by atoms with Crippen LogP contribution in [0.3, 0.4) is 0 Å². The first-order chi connectivity index (χ1) is 7.48. The van der Waals surface area contributed by atoms with Gasteiger partial charge in [0, 0.05) is 40.3 Å². The lowest BCUT2D eigenvalue weighted by Gasteiger charge is -2.30. The van der Waals surface area contributed by atoms with E-state index in [4.69, 9.17) is 0 Å². The maximum Gasteiger partial charge on any atom is 0.282 e. The lowest BCUT2D eigenvalue weighted by Crippen LogP contribution is -2.52. The Balaban J connectivity index is 2.64. The van der Waals surface area contributed by atoms with E-state index in [9.17, 15) is 13.2 Å². The van der Waals surface area contributed by atoms with Crippen LogP contribution < -0.4 is 10.6 Å². The SMILES string of the molecule is CNC(=O)CN(C)S(=O)(=O)N1CCNCC1. The molecule has 0 aromatic rings. The predicted molar refractivity (Wildman–Crippen MR) is 60.1 cm³/mol. The van der Waals surface area contributed by atoms with E-state index in [2.05, 4.69) is 10.6 Å². The third kappa shape index (κ3) is 3.14. The van der Waals surface area contributed by atoms with E-state index >= 15 is 0 Å². The van der Waals surface area contributed by atoms with Crippen LogP contribution in [0.4, 0.5) is 0 Å². The average molecular weight is 250 g/mol. The molecule has 0 atom stereocenters. The van der Waals surface area contributed by atoms with Crippen molar-refractivity contribution in [2.24, 2.45) is 0 Å². The summed E-state index contributed by atoms with van der Waals surface area (Å²) in [5.74, 6) is -0.318. The Morgan fingerprint density at radius 2 is 2.00 bits per heavy atom. The number of carbonyl (C=O) groups is 1. The van der Waals surface area contributed by atoms with Gasteiger partial charge in [-0.1, -0.05) is 0 Å². The molecule has 1 aliphatic rings. The van der Waals surface area contributed by atoms with E-state index in [1.165, 1.54) is 18.4 Å². The molecule has 0 unspecified atom stereocenters. The molecular formula is C8H18N4O3S. The summed E-state index contributed by atoms with van der Waals surface area (Å²) in [5.41, 5.74) is 0. The van der Waals surface area contributed by atoms with Gasteiger partial charge in [0.15, 0.2) is 0 Å². The normalized spacial score (nSPS) is 18.7. The highest BCUT2D eigenvalue weighted by Gasteiger charge is 2.28. The molecule has 0 aromatic heterocycles. The van der Waals surface area contributed by atoms with Crippen LogP contribution in [0.1, 0.15) is 0 Å². The van der Waals surface area contributed by atoms with Gasteiger partial charge in [0.2, 0.25) is 5.91 Å². The summed E-state index contributed by atoms with van der Waals surface area (Å²) in [4.78, 5) is 11.1. The number of amides is 1. The molecule has 0 bridgehead atoms. The van der Waals surface area contributed by atoms with Gasteiger partial charge in [-0.25, -0.2) is 0 Å². The largest absolute Gasteiger partial charge is 0.358 e. The Hall–Kier alpha value is -0.700. The number of carbonyl (C=O) groups excluding carboxylic acids is 1. The van der Waals surface area contributed by atoms with Crippen LogP contribution in [0.15, 0.2) is 0 Å². The highest BCUT2D eigenvalue weighted by molar-refractivity contribution is 7.86. The minimum absolute atomic E-state index is 0.150. The van der Waals surface area contributed by atoms with Crippen LogP contribution in [0.25, 0.3) is 0 Å². The van der Waals surface area contributed by atoms with Crippen molar-refractivity contribution < 1.29 is 13.2 Å². The van der Waals surface area contributed by atoms with Crippen LogP contribution in [0.5, 0.6) is 0 Å². The van der Waals surface area contributed by atoms with Crippen molar-refractivity contribution in [3.05, 3.63) is 0 Å². The van der Waals surface area contributed by atoms with Crippen molar-refractivity contribution in [1.29, 1.82) is 0 Å². The van der Waals surface area contributed by atoms with Gasteiger partial charge >= 0.3 is 0 Å². The predicted octanol–water partition coefficient (Wildman–Crippen LogP) is -2.19. The van der Waals surface area contributed by atoms with Gasteiger partial charge in [0.1, 0.15) is 0 Å². The summed E-state index contributed by atoms with van der Waals surface area (Å²) in [7, 11) is -0.612. The van der Waals surface area contributed by atoms with E-state index < -0.39 is 10.2 Å². The minimum atomic E-state index is -3.50. The third-order valence-corrected chi connectivity index (χ3v) is 4.38. The van der Waals surface area contributed by atoms with Crippen molar-refractivity contribution in [3.63, 3.8) is 0 Å². The molecule has 0 aliphatic carbocycles. The molecule has 16 heavy (non-hydrogen) atoms. The van der Waals surface area contributed by atoms with E-state index in [1.54, 1.807) is 0 Å². The molecule has 0 radical (unpaired) electrons. The fourth-order valence-electron chi connectivity index (χ4n) is 1.44. The first-order valence-corrected chi connectivity index (χ1v) is 6.51. The highest BCUT2D eigenvalue weighted by atomic mass is 32.2. The molecule has 94 valence electrons. The Kier molecular flexibility index (Phi) is 4.66. The second kappa shape index (κ2) is 5.58. The third-order valence-electron chi connectivity index (χ3n) is 2.44. The van der Waals surface area contributed by atoms with Crippen LogP contribution >= 0.6 is 0 Å². The van der Waals surface area contributed by atoms with Crippen molar-refractivity contribution in [1.82, 2.24) is 19.2 Å². The summed E-state index contributed by atoms with van der Waals surface area (Å²) >= 11 is 0. The number of hydrogen-bond acceptors (Lipinski definition) is 4. The number of nitrogens with one attached hydrogen (secondary N) is 2. The molecule has 1 fully saturated rings. The molecule has 1 heterocycles. The monoisotopic (exact) mass is 250 g/mol. The van der Waals surface area contributed by atoms with Crippen LogP contribution in [0, 0.1) is 0 Å². The quantitative estimate of drug-likeness (QED) is 0.594. The Bertz CT molecular complexity index is 337. The van der Waals surface area contributed by atoms with Crippen molar-refractivity contribution in [2.75, 3.05) is 46.8 Å². The Labute approximate surface area is 96.0 Å². The van der Waals surface area contributed by atoms with E-state index in [0.29, 0.717) is 26.2 Å². The number of nitrogens with zero attached hydrogens (tertiary/aromatic N) is 2. The van der Waals surface area contributed by atoms with Gasteiger partial charge < -0.3 is 10.6 Å². The molecule has 0 spiro atoms. The molecule has 1 saturated heterocycles. The number of piperazine rings is 1. The summed E-state index contributed by atoms with van der Waals surface area (Å²) in [6, 6.07) is 0. The van der Waals surface area contributed by atoms with Gasteiger partial charge in [-0.2, -0.15) is 17.0 Å². The molecule has 7 nitrogen and oxygen atoms in total. The fourth-order valence-corrected chi connectivity index (χ4v) is 2.75. The zero-order chi connectivity index (χ0) is 12.2. The van der Waals surface area contributed by atoms with Gasteiger partial charge in [0.25, 0.3) is 10.2 Å². The van der Waals surface area contributed by atoms with Crippen LogP contribution in [-0.2, 0) is 15.0 Å². The second-order valence-corrected chi connectivity index (χ2v) is 5.62. The van der Waals surface area contributed by atoms with Crippen molar-refractivity contribution in [2.45, 2.75) is 0 Å². The first kappa shape index (κ1) is 13.4. The standard InChI is InChI=1S/C8H18N4O3S/c1-9-8(13)7-11(2)16(14,15)12-5-3-10-4-6-12/h10H,3-7H2,1-2H3,(H,9,13). The maximum absolute atomic E-state index is 12.0. The summed E-state index contributed by atoms with van der Waals surface area (Å²) in [6.07, 6.45) is 0. The lowest BCUT2D eigenvalue weighted by molar-refractivity contribution is -0.120. The summed E-state index contributed by atoms with van der Waals surface area (Å²) in [6.45, 7) is 2.03. The molecule has 8 heteroatoms. The van der Waals surface area contributed by atoms with Crippen LogP contribution in [0.2, 0.25) is 0 Å². The molecule has 1 rings (SSSR count). The van der Waals surface area contributed by atoms with Crippen molar-refractivity contribution >= 4 is 16.1 Å². The molecule has 0 aromatic carbocycles. The maximum atomic E-state index is 12.0. The minimum Gasteiger partial charge on any atom is -0.358 e. The van der Waals surface area contributed by atoms with E-state index in [1.807, 2.05) is 0 Å². The van der Waals surface area contributed by atoms with Gasteiger partial charge in [-0.3, -0.25) is 4.79 Å². The fraction of sp³-hybridized carbons (Fsp3) is 0.875. The number of likely N-dealkylation sites (N-methyl/N-ethyl adjacent to an activating group) is 2. The van der Waals surface area contributed by atoms with Crippen molar-refractivity contribution in [3.8, 4) is 0 Å². The topological polar surface area (TPSA) is 81.8 Å². The summed E-state index contributed by atoms with van der Waals surface area (Å²) in [5, 5.41) is 5.47. The van der Waals surface area contributed by atoms with Gasteiger partial charge in [-0.15, -0.1) is 0 Å². The van der Waals surface area contributed by atoms with Gasteiger partial charge in [-0.05, 0) is 0 Å². The smallest absolute Gasteiger partial charge is 0.282 e. The Morgan fingerprint density at radius 1 is 1.44 bits per heavy atom. The van der Waals surface area contributed by atoms with E-state index in [-0.39, 0.29) is 12.5 Å². The number of hydrogen-bond donors (Lipinski definition) is 2. The van der Waals surface area contributed by atoms with Crippen LogP contribution in [-0.4, -0.2) is 69.8 Å². The number of rotatable bonds is 4. The molecule has 1 aliphatic heterocycles. The molecule has 2 N–H and O–H groups in total. The lowest BCUT2D eigenvalue weighted by atomic mass is 10.4. The first-order valence-electron chi connectivity index (χ1n) is 5.11. The second-order valence-electron chi connectivity index (χ2n) is 3.59. The Morgan fingerprint density at radius 3 is 2.50 bits per heavy atom. The highest BCUT2D eigenvalue weighted by Crippen LogP contribution is 2.06. The average Bonchev–Trinajstić information content (AvgIpc) is 2.29. The van der Waals surface area contributed by atoms with Gasteiger partial charge in [0.05, 0.1) is 6.54 Å². The zero-order valence-corrected chi connectivity index (χ0v) is 10.4.